The van der Waals surface area contributed by atoms with Gasteiger partial charge < -0.3 is 39.1 Å². The molecule has 6 amide bonds. The van der Waals surface area contributed by atoms with Crippen molar-refractivity contribution in [1.82, 2.24) is 30.1 Å². The predicted molar refractivity (Wildman–Crippen MR) is 264 cm³/mol. The number of hydrogen-bond donors (Lipinski definition) is 2. The second kappa shape index (κ2) is 24.9. The Kier molecular flexibility index (Phi) is 18.9. The van der Waals surface area contributed by atoms with Gasteiger partial charge >= 0.3 is 5.97 Å². The summed E-state index contributed by atoms with van der Waals surface area (Å²) in [6, 6.07) is 18.4. The Morgan fingerprint density at radius 2 is 1.45 bits per heavy atom. The molecule has 1 atom stereocenters. The van der Waals surface area contributed by atoms with Gasteiger partial charge in [0.1, 0.15) is 30.5 Å². The van der Waals surface area contributed by atoms with E-state index in [9.17, 15) is 46.5 Å². The molecule has 0 aromatic heterocycles. The molecule has 0 saturated carbocycles. The van der Waals surface area contributed by atoms with E-state index in [0.717, 1.165) is 59.3 Å². The summed E-state index contributed by atoms with van der Waals surface area (Å²) in [6.07, 6.45) is 1.54. The minimum Gasteiger partial charge on any atom is -0.748 e. The number of nitrogens with one attached hydrogen (secondary N) is 2. The standard InChI is InChI=1S/C51H65N7O12S/c1-5-54(6-2)35-21-23-39-42(32-35)69-43-33-36(55(7-3)8-4)22-24-40(43)49(39)37-16-11-12-17-38(37)51(65)57-30-28-56(29-31-57)45(60)19-14-13-18-44(59)53-41(34-71(66,67)68)50(64)52-27-15-9-10-20-48(63)70-58-46(61)25-26-47(58)62/h11-12,16-17,21-24,32-33,41H,5-10,13-15,18-20,25-31,34H2,1-4H3,(H2-,52,53,59,64,66,67,68). The van der Waals surface area contributed by atoms with Gasteiger partial charge in [0.2, 0.25) is 23.1 Å². The molecule has 2 aromatic rings. The predicted octanol–water partition coefficient (Wildman–Crippen LogP) is 4.02. The first-order valence-electron chi connectivity index (χ1n) is 24.6. The van der Waals surface area contributed by atoms with Crippen LogP contribution in [0, 0.1) is 0 Å². The lowest BCUT2D eigenvalue weighted by Gasteiger charge is -2.35. The number of hydroxylamine groups is 2. The van der Waals surface area contributed by atoms with Crippen LogP contribution in [0.25, 0.3) is 33.4 Å². The van der Waals surface area contributed by atoms with Crippen LogP contribution in [-0.2, 0) is 43.7 Å². The Morgan fingerprint density at radius 3 is 2.13 bits per heavy atom. The summed E-state index contributed by atoms with van der Waals surface area (Å²) in [5, 5.41) is 7.21. The van der Waals surface area contributed by atoms with Crippen molar-refractivity contribution in [3.8, 4) is 22.5 Å². The maximum atomic E-state index is 14.5. The van der Waals surface area contributed by atoms with Crippen LogP contribution < -0.4 is 25.5 Å². The van der Waals surface area contributed by atoms with Crippen LogP contribution in [0.4, 0.5) is 5.69 Å². The lowest BCUT2D eigenvalue weighted by Crippen LogP contribution is -2.50. The number of hydrogen-bond acceptors (Lipinski definition) is 13. The van der Waals surface area contributed by atoms with E-state index in [1.807, 2.05) is 24.3 Å². The lowest BCUT2D eigenvalue weighted by molar-refractivity contribution is -0.197. The number of fused-ring (bicyclic) bond motifs is 2. The maximum absolute atomic E-state index is 14.5. The minimum absolute atomic E-state index is 0.0207. The molecule has 382 valence electrons. The van der Waals surface area contributed by atoms with Crippen molar-refractivity contribution in [3.63, 3.8) is 0 Å². The molecule has 1 unspecified atom stereocenters. The highest BCUT2D eigenvalue weighted by Crippen LogP contribution is 2.42. The molecule has 0 radical (unpaired) electrons. The second-order valence-electron chi connectivity index (χ2n) is 17.6. The number of carbonyl (C=O) groups excluding carboxylic acids is 7. The molecule has 6 rings (SSSR count). The van der Waals surface area contributed by atoms with E-state index < -0.39 is 51.5 Å². The fourth-order valence-corrected chi connectivity index (χ4v) is 9.67. The van der Waals surface area contributed by atoms with E-state index in [-0.39, 0.29) is 56.9 Å². The van der Waals surface area contributed by atoms with E-state index in [1.165, 1.54) is 0 Å². The first-order chi connectivity index (χ1) is 34.0. The first kappa shape index (κ1) is 53.7. The van der Waals surface area contributed by atoms with Gasteiger partial charge in [0.15, 0.2) is 0 Å². The summed E-state index contributed by atoms with van der Waals surface area (Å²) in [7, 11) is -4.91. The molecule has 3 aliphatic heterocycles. The number of benzene rings is 3. The number of rotatable bonds is 23. The highest BCUT2D eigenvalue weighted by molar-refractivity contribution is 7.85. The van der Waals surface area contributed by atoms with Crippen LogP contribution in [0.5, 0.6) is 0 Å². The SMILES string of the molecule is CCN(CC)c1ccc2c(-c3ccccc3C(=O)N3CCN(C(=O)CCCCC(=O)NC(CS(=O)(=O)[O-])C(=O)NCCCCCC(=O)ON4C(=O)CCC4=O)CC3)c3ccc(=[N+](CC)CC)cc-3oc2c1. The van der Waals surface area contributed by atoms with E-state index in [0.29, 0.717) is 73.8 Å². The van der Waals surface area contributed by atoms with Gasteiger partial charge in [-0.05, 0) is 83.2 Å². The van der Waals surface area contributed by atoms with Crippen molar-refractivity contribution in [2.45, 2.75) is 97.9 Å². The number of imide groups is 1. The van der Waals surface area contributed by atoms with Crippen LogP contribution in [0.3, 0.4) is 0 Å². The molecule has 71 heavy (non-hydrogen) atoms. The van der Waals surface area contributed by atoms with Gasteiger partial charge in [0.05, 0.1) is 21.9 Å². The van der Waals surface area contributed by atoms with Crippen LogP contribution >= 0.6 is 0 Å². The number of piperazine rings is 1. The highest BCUT2D eigenvalue weighted by Gasteiger charge is 2.33. The smallest absolute Gasteiger partial charge is 0.333 e. The zero-order valence-electron chi connectivity index (χ0n) is 41.0. The van der Waals surface area contributed by atoms with Crippen molar-refractivity contribution in [2.75, 3.05) is 69.6 Å². The molecule has 3 heterocycles. The third-order valence-corrected chi connectivity index (χ3v) is 13.7. The third kappa shape index (κ3) is 14.0. The maximum Gasteiger partial charge on any atom is 0.333 e. The summed E-state index contributed by atoms with van der Waals surface area (Å²) in [6.45, 7) is 13.1. The summed E-state index contributed by atoms with van der Waals surface area (Å²) in [5.74, 6) is -4.19. The van der Waals surface area contributed by atoms with Crippen molar-refractivity contribution >= 4 is 68.2 Å². The van der Waals surface area contributed by atoms with Crippen LogP contribution in [-0.4, -0.2) is 140 Å². The van der Waals surface area contributed by atoms with Gasteiger partial charge in [0.25, 0.3) is 17.7 Å². The normalized spacial score (nSPS) is 14.5. The number of nitrogens with zero attached hydrogens (tertiary/aromatic N) is 5. The van der Waals surface area contributed by atoms with Gasteiger partial charge in [-0.2, -0.15) is 0 Å². The van der Waals surface area contributed by atoms with E-state index in [1.54, 1.807) is 9.80 Å². The molecule has 20 heteroatoms. The third-order valence-electron chi connectivity index (χ3n) is 12.9. The highest BCUT2D eigenvalue weighted by atomic mass is 32.2. The Labute approximate surface area is 414 Å². The van der Waals surface area contributed by atoms with Gasteiger partial charge in [-0.15, -0.1) is 5.06 Å². The Morgan fingerprint density at radius 1 is 0.789 bits per heavy atom. The van der Waals surface area contributed by atoms with Crippen molar-refractivity contribution in [1.29, 1.82) is 0 Å². The molecule has 2 N–H and O–H groups in total. The van der Waals surface area contributed by atoms with Crippen molar-refractivity contribution in [3.05, 3.63) is 71.6 Å². The summed E-state index contributed by atoms with van der Waals surface area (Å²) >= 11 is 0. The fourth-order valence-electron chi connectivity index (χ4n) is 9.03. The number of anilines is 1. The largest absolute Gasteiger partial charge is 0.748 e. The molecular weight excluding hydrogens is 935 g/mol. The average molecular weight is 1000 g/mol. The molecule has 2 fully saturated rings. The van der Waals surface area contributed by atoms with Crippen molar-refractivity contribution in [2.24, 2.45) is 0 Å². The van der Waals surface area contributed by atoms with E-state index in [2.05, 4.69) is 84.2 Å². The van der Waals surface area contributed by atoms with Gasteiger partial charge in [-0.3, -0.25) is 28.8 Å². The monoisotopic (exact) mass is 999 g/mol. The van der Waals surface area contributed by atoms with Gasteiger partial charge in [-0.25, -0.2) is 17.8 Å². The molecule has 0 bridgehead atoms. The Balaban J connectivity index is 1.00. The van der Waals surface area contributed by atoms with Crippen LogP contribution in [0.2, 0.25) is 0 Å². The number of carbonyl (C=O) groups is 7. The number of unbranched alkanes of at least 4 members (excludes halogenated alkanes) is 3. The minimum atomic E-state index is -4.91. The van der Waals surface area contributed by atoms with Crippen LogP contribution in [0.15, 0.2) is 65.1 Å². The van der Waals surface area contributed by atoms with E-state index in [4.69, 9.17) is 9.25 Å². The van der Waals surface area contributed by atoms with Crippen LogP contribution in [0.1, 0.15) is 102 Å². The summed E-state index contributed by atoms with van der Waals surface area (Å²) in [5.41, 5.74) is 4.87. The van der Waals surface area contributed by atoms with Gasteiger partial charge in [0, 0.05) is 118 Å². The molecular formula is C51H65N7O12S. The number of amides is 6. The fraction of sp³-hybridized carbons (Fsp3) is 0.490. The quantitative estimate of drug-likeness (QED) is 0.0352. The zero-order valence-corrected chi connectivity index (χ0v) is 41.9. The summed E-state index contributed by atoms with van der Waals surface area (Å²) < 4.78 is 43.7. The summed E-state index contributed by atoms with van der Waals surface area (Å²) in [4.78, 5) is 99.1. The molecule has 2 aromatic carbocycles. The molecule has 4 aliphatic rings. The molecule has 19 nitrogen and oxygen atoms in total. The molecule has 0 spiro atoms. The zero-order chi connectivity index (χ0) is 51.2. The average Bonchev–Trinajstić information content (AvgIpc) is 3.67. The van der Waals surface area contributed by atoms with Gasteiger partial charge in [-0.1, -0.05) is 24.6 Å². The van der Waals surface area contributed by atoms with E-state index >= 15 is 0 Å². The molecule has 1 aliphatic carbocycles. The lowest BCUT2D eigenvalue weighted by atomic mass is 9.90. The van der Waals surface area contributed by atoms with Crippen molar-refractivity contribution < 1.29 is 55.8 Å². The second-order valence-corrected chi connectivity index (χ2v) is 19.0. The Hall–Kier alpha value is -6.67. The first-order valence-corrected chi connectivity index (χ1v) is 26.2. The Bertz CT molecular complexity index is 2740. The topological polar surface area (TPSA) is 239 Å². The molecule has 2 saturated heterocycles.